The zero-order chi connectivity index (χ0) is 15.9. The van der Waals surface area contributed by atoms with Crippen LogP contribution in [0.5, 0.6) is 0 Å². The van der Waals surface area contributed by atoms with Gasteiger partial charge in [0.25, 0.3) is 5.56 Å². The summed E-state index contributed by atoms with van der Waals surface area (Å²) >= 11 is 1.43. The topological polar surface area (TPSA) is 64.0 Å². The third-order valence-electron chi connectivity index (χ3n) is 3.66. The van der Waals surface area contributed by atoms with Crippen molar-refractivity contribution < 1.29 is 4.79 Å². The Labute approximate surface area is 134 Å². The fraction of sp³-hybridized carbons (Fsp3) is 0.562. The van der Waals surface area contributed by atoms with E-state index in [2.05, 4.69) is 17.2 Å². The number of nitrogens with zero attached hydrogens (tertiary/aromatic N) is 2. The maximum atomic E-state index is 12.2. The Hall–Kier alpha value is -1.69. The van der Waals surface area contributed by atoms with Crippen LogP contribution in [0, 0.1) is 0 Å². The molecule has 2 aromatic rings. The second kappa shape index (κ2) is 8.08. The number of rotatable bonds is 8. The summed E-state index contributed by atoms with van der Waals surface area (Å²) in [5.74, 6) is -0.138. The molecule has 120 valence electrons. The van der Waals surface area contributed by atoms with E-state index >= 15 is 0 Å². The summed E-state index contributed by atoms with van der Waals surface area (Å²) in [7, 11) is 0. The number of unbranched alkanes of at least 4 members (excludes halogenated alkanes) is 3. The molecular weight excluding hydrogens is 298 g/mol. The van der Waals surface area contributed by atoms with Gasteiger partial charge in [0, 0.05) is 6.04 Å². The maximum Gasteiger partial charge on any atom is 0.262 e. The molecule has 0 aliphatic rings. The highest BCUT2D eigenvalue weighted by Gasteiger charge is 2.11. The number of aromatic nitrogens is 2. The largest absolute Gasteiger partial charge is 0.352 e. The first-order valence-electron chi connectivity index (χ1n) is 7.83. The SMILES string of the molecule is CCCCCC[C@@H](C)NC(=O)Cn1cnc2sccc2c1=O. The molecule has 1 atom stereocenters. The first-order valence-corrected chi connectivity index (χ1v) is 8.71. The molecule has 0 aliphatic carbocycles. The molecule has 22 heavy (non-hydrogen) atoms. The molecule has 0 saturated carbocycles. The number of nitrogens with one attached hydrogen (secondary N) is 1. The van der Waals surface area contributed by atoms with Crippen molar-refractivity contribution in [2.75, 3.05) is 0 Å². The van der Waals surface area contributed by atoms with Gasteiger partial charge in [0.2, 0.25) is 5.91 Å². The highest BCUT2D eigenvalue weighted by molar-refractivity contribution is 7.16. The zero-order valence-electron chi connectivity index (χ0n) is 13.2. The smallest absolute Gasteiger partial charge is 0.262 e. The summed E-state index contributed by atoms with van der Waals surface area (Å²) < 4.78 is 1.37. The molecule has 0 aromatic carbocycles. The van der Waals surface area contributed by atoms with Gasteiger partial charge in [-0.05, 0) is 24.8 Å². The van der Waals surface area contributed by atoms with E-state index < -0.39 is 0 Å². The predicted octanol–water partition coefficient (Wildman–Crippen LogP) is 2.93. The van der Waals surface area contributed by atoms with Crippen LogP contribution in [0.15, 0.2) is 22.6 Å². The van der Waals surface area contributed by atoms with Crippen molar-refractivity contribution in [3.05, 3.63) is 28.1 Å². The van der Waals surface area contributed by atoms with Gasteiger partial charge in [-0.3, -0.25) is 14.2 Å². The van der Waals surface area contributed by atoms with E-state index in [0.29, 0.717) is 10.2 Å². The van der Waals surface area contributed by atoms with E-state index in [0.717, 1.165) is 12.8 Å². The fourth-order valence-electron chi connectivity index (χ4n) is 2.43. The lowest BCUT2D eigenvalue weighted by atomic mass is 10.1. The van der Waals surface area contributed by atoms with Gasteiger partial charge in [-0.25, -0.2) is 4.98 Å². The van der Waals surface area contributed by atoms with E-state index in [4.69, 9.17) is 0 Å². The van der Waals surface area contributed by atoms with Crippen molar-refractivity contribution in [1.82, 2.24) is 14.9 Å². The van der Waals surface area contributed by atoms with Crippen molar-refractivity contribution in [2.45, 2.75) is 58.5 Å². The molecule has 1 N–H and O–H groups in total. The van der Waals surface area contributed by atoms with Crippen molar-refractivity contribution in [3.63, 3.8) is 0 Å². The number of carbonyl (C=O) groups excluding carboxylic acids is 1. The Morgan fingerprint density at radius 2 is 2.23 bits per heavy atom. The van der Waals surface area contributed by atoms with Gasteiger partial charge in [-0.1, -0.05) is 32.6 Å². The number of hydrogen-bond acceptors (Lipinski definition) is 4. The number of hydrogen-bond donors (Lipinski definition) is 1. The van der Waals surface area contributed by atoms with Gasteiger partial charge in [-0.2, -0.15) is 0 Å². The van der Waals surface area contributed by atoms with E-state index in [1.165, 1.54) is 41.5 Å². The van der Waals surface area contributed by atoms with E-state index in [-0.39, 0.29) is 24.1 Å². The summed E-state index contributed by atoms with van der Waals surface area (Å²) in [6.45, 7) is 4.21. The van der Waals surface area contributed by atoms with E-state index in [9.17, 15) is 9.59 Å². The molecule has 0 radical (unpaired) electrons. The van der Waals surface area contributed by atoms with Gasteiger partial charge in [-0.15, -0.1) is 11.3 Å². The Kier molecular flexibility index (Phi) is 6.12. The third-order valence-corrected chi connectivity index (χ3v) is 4.48. The van der Waals surface area contributed by atoms with Crippen LogP contribution >= 0.6 is 11.3 Å². The van der Waals surface area contributed by atoms with Crippen molar-refractivity contribution in [1.29, 1.82) is 0 Å². The van der Waals surface area contributed by atoms with E-state index in [1.54, 1.807) is 6.07 Å². The molecule has 0 saturated heterocycles. The summed E-state index contributed by atoms with van der Waals surface area (Å²) in [5.41, 5.74) is -0.156. The minimum absolute atomic E-state index is 0.0247. The molecule has 0 fully saturated rings. The zero-order valence-corrected chi connectivity index (χ0v) is 14.0. The molecule has 5 nitrogen and oxygen atoms in total. The second-order valence-electron chi connectivity index (χ2n) is 5.63. The first kappa shape index (κ1) is 16.7. The second-order valence-corrected chi connectivity index (χ2v) is 6.53. The molecule has 6 heteroatoms. The standard InChI is InChI=1S/C16H23N3O2S/c1-3-4-5-6-7-12(2)18-14(20)10-19-11-17-15-13(16(19)21)8-9-22-15/h8-9,11-12H,3-7,10H2,1-2H3,(H,18,20)/t12-/m1/s1. The molecular formula is C16H23N3O2S. The lowest BCUT2D eigenvalue weighted by Gasteiger charge is -2.14. The normalized spacial score (nSPS) is 12.5. The summed E-state index contributed by atoms with van der Waals surface area (Å²) in [5, 5.41) is 5.36. The molecule has 2 aromatic heterocycles. The van der Waals surface area contributed by atoms with Crippen molar-refractivity contribution in [3.8, 4) is 0 Å². The van der Waals surface area contributed by atoms with Gasteiger partial charge < -0.3 is 5.32 Å². The Morgan fingerprint density at radius 1 is 1.41 bits per heavy atom. The summed E-state index contributed by atoms with van der Waals surface area (Å²) in [6, 6.07) is 1.89. The van der Waals surface area contributed by atoms with Crippen LogP contribution in [0.2, 0.25) is 0 Å². The Bertz CT molecular complexity index is 677. The molecule has 0 spiro atoms. The predicted molar refractivity (Wildman–Crippen MR) is 90.2 cm³/mol. The van der Waals surface area contributed by atoms with E-state index in [1.807, 2.05) is 12.3 Å². The number of amides is 1. The highest BCUT2D eigenvalue weighted by Crippen LogP contribution is 2.13. The van der Waals surface area contributed by atoms with Gasteiger partial charge in [0.1, 0.15) is 11.4 Å². The average Bonchev–Trinajstić information content (AvgIpc) is 2.96. The van der Waals surface area contributed by atoms with Crippen LogP contribution in [-0.4, -0.2) is 21.5 Å². The number of thiophene rings is 1. The van der Waals surface area contributed by atoms with Crippen LogP contribution in [0.3, 0.4) is 0 Å². The lowest BCUT2D eigenvalue weighted by molar-refractivity contribution is -0.122. The van der Waals surface area contributed by atoms with Crippen LogP contribution < -0.4 is 10.9 Å². The van der Waals surface area contributed by atoms with Gasteiger partial charge in [0.05, 0.1) is 11.7 Å². The number of carbonyl (C=O) groups is 1. The van der Waals surface area contributed by atoms with Crippen LogP contribution in [0.4, 0.5) is 0 Å². The molecule has 1 amide bonds. The van der Waals surface area contributed by atoms with Crippen LogP contribution in [0.25, 0.3) is 10.2 Å². The Balaban J connectivity index is 1.88. The first-order chi connectivity index (χ1) is 10.6. The molecule has 0 bridgehead atoms. The summed E-state index contributed by atoms with van der Waals surface area (Å²) in [6.07, 6.45) is 7.20. The average molecular weight is 321 g/mol. The Morgan fingerprint density at radius 3 is 3.00 bits per heavy atom. The van der Waals surface area contributed by atoms with Crippen molar-refractivity contribution in [2.24, 2.45) is 0 Å². The third kappa shape index (κ3) is 4.40. The lowest BCUT2D eigenvalue weighted by Crippen LogP contribution is -2.37. The van der Waals surface area contributed by atoms with Crippen molar-refractivity contribution >= 4 is 27.5 Å². The molecule has 2 rings (SSSR count). The monoisotopic (exact) mass is 321 g/mol. The molecule has 2 heterocycles. The minimum atomic E-state index is -0.156. The highest BCUT2D eigenvalue weighted by atomic mass is 32.1. The van der Waals surface area contributed by atoms with Gasteiger partial charge in [0.15, 0.2) is 0 Å². The minimum Gasteiger partial charge on any atom is -0.352 e. The van der Waals surface area contributed by atoms with Crippen LogP contribution in [0.1, 0.15) is 46.0 Å². The summed E-state index contributed by atoms with van der Waals surface area (Å²) in [4.78, 5) is 29.2. The molecule has 0 aliphatic heterocycles. The quantitative estimate of drug-likeness (QED) is 0.760. The maximum absolute atomic E-state index is 12.2. The van der Waals surface area contributed by atoms with Gasteiger partial charge >= 0.3 is 0 Å². The number of fused-ring (bicyclic) bond motifs is 1. The van der Waals surface area contributed by atoms with Crippen LogP contribution in [-0.2, 0) is 11.3 Å². The molecule has 0 unspecified atom stereocenters. The fourth-order valence-corrected chi connectivity index (χ4v) is 3.15.